The van der Waals surface area contributed by atoms with E-state index in [0.717, 1.165) is 54.2 Å². The summed E-state index contributed by atoms with van der Waals surface area (Å²) in [5.74, 6) is 1.02. The van der Waals surface area contributed by atoms with Crippen LogP contribution in [-0.2, 0) is 17.8 Å². The third-order valence-corrected chi connectivity index (χ3v) is 5.06. The van der Waals surface area contributed by atoms with Crippen molar-refractivity contribution in [3.8, 4) is 11.4 Å². The van der Waals surface area contributed by atoms with Crippen molar-refractivity contribution >= 4 is 17.4 Å². The van der Waals surface area contributed by atoms with Gasteiger partial charge in [0.25, 0.3) is 0 Å². The largest absolute Gasteiger partial charge is 0.390 e. The van der Waals surface area contributed by atoms with E-state index >= 15 is 0 Å². The van der Waals surface area contributed by atoms with Crippen LogP contribution in [0.5, 0.6) is 0 Å². The Labute approximate surface area is 163 Å². The molecule has 3 heterocycles. The Kier molecular flexibility index (Phi) is 5.21. The number of aromatic nitrogens is 2. The Morgan fingerprint density at radius 1 is 1.32 bits per heavy atom. The number of nitrogens with one attached hydrogen (secondary N) is 2. The molecule has 1 amide bonds. The topological polar surface area (TPSA) is 115 Å². The van der Waals surface area contributed by atoms with E-state index in [1.54, 1.807) is 12.1 Å². The van der Waals surface area contributed by atoms with Crippen molar-refractivity contribution < 1.29 is 9.63 Å². The zero-order valence-corrected chi connectivity index (χ0v) is 15.9. The van der Waals surface area contributed by atoms with Crippen molar-refractivity contribution in [1.29, 1.82) is 0 Å². The summed E-state index contributed by atoms with van der Waals surface area (Å²) in [6.07, 6.45) is 2.66. The molecule has 0 fully saturated rings. The average molecular weight is 380 g/mol. The Hall–Kier alpha value is -3.00. The fourth-order valence-corrected chi connectivity index (χ4v) is 3.43. The molecule has 2 aliphatic heterocycles. The molecule has 0 bridgehead atoms. The molecule has 28 heavy (non-hydrogen) atoms. The van der Waals surface area contributed by atoms with Gasteiger partial charge >= 0.3 is 0 Å². The highest BCUT2D eigenvalue weighted by Crippen LogP contribution is 2.26. The van der Waals surface area contributed by atoms with Crippen LogP contribution in [0.25, 0.3) is 11.4 Å². The van der Waals surface area contributed by atoms with Crippen molar-refractivity contribution in [3.63, 3.8) is 0 Å². The Balaban J connectivity index is 1.58. The number of carbonyl (C=O) groups is 1. The number of hydrogen-bond donors (Lipinski definition) is 3. The van der Waals surface area contributed by atoms with E-state index < -0.39 is 5.91 Å². The highest BCUT2D eigenvalue weighted by molar-refractivity contribution is 5.93. The first-order chi connectivity index (χ1) is 13.6. The van der Waals surface area contributed by atoms with Gasteiger partial charge in [0.15, 0.2) is 5.82 Å². The summed E-state index contributed by atoms with van der Waals surface area (Å²) in [5, 5.41) is 10.9. The molecule has 1 atom stereocenters. The van der Waals surface area contributed by atoms with E-state index in [9.17, 15) is 4.79 Å². The molecule has 1 aromatic heterocycles. The maximum Gasteiger partial charge on any atom is 0.248 e. The standard InChI is InChI=1S/C20H24N6O2/c1-2-14-9-15(28-26-14)10-23-20-16-7-8-22-11-17(16)24-19(25-20)13-5-3-12(4-6-13)18(21)27/h3-6,15,22H,2,7-11H2,1H3,(H2,21,27)(H,23,24,25)/t15-/m0/s1. The first-order valence-electron chi connectivity index (χ1n) is 9.60. The number of oxime groups is 1. The molecule has 0 saturated heterocycles. The van der Waals surface area contributed by atoms with E-state index in [1.807, 2.05) is 12.1 Å². The number of anilines is 1. The molecule has 4 rings (SSSR count). The predicted molar refractivity (Wildman–Crippen MR) is 107 cm³/mol. The van der Waals surface area contributed by atoms with E-state index in [2.05, 4.69) is 22.7 Å². The maximum atomic E-state index is 11.3. The molecule has 1 aromatic carbocycles. The van der Waals surface area contributed by atoms with Crippen LogP contribution < -0.4 is 16.4 Å². The summed E-state index contributed by atoms with van der Waals surface area (Å²) in [7, 11) is 0. The zero-order valence-electron chi connectivity index (χ0n) is 15.9. The van der Waals surface area contributed by atoms with E-state index in [1.165, 1.54) is 0 Å². The number of carbonyl (C=O) groups excluding carboxylic acids is 1. The molecular formula is C20H24N6O2. The lowest BCUT2D eigenvalue weighted by atomic mass is 10.1. The summed E-state index contributed by atoms with van der Waals surface area (Å²) < 4.78 is 0. The van der Waals surface area contributed by atoms with E-state index in [4.69, 9.17) is 20.5 Å². The number of nitrogens with zero attached hydrogens (tertiary/aromatic N) is 3. The summed E-state index contributed by atoms with van der Waals surface area (Å²) in [5.41, 5.74) is 9.87. The van der Waals surface area contributed by atoms with Gasteiger partial charge in [0, 0.05) is 29.7 Å². The second-order valence-corrected chi connectivity index (χ2v) is 7.01. The van der Waals surface area contributed by atoms with E-state index in [0.29, 0.717) is 24.5 Å². The molecule has 0 unspecified atom stereocenters. The smallest absolute Gasteiger partial charge is 0.248 e. The molecule has 0 aliphatic carbocycles. The molecule has 0 spiro atoms. The van der Waals surface area contributed by atoms with Gasteiger partial charge in [-0.05, 0) is 31.5 Å². The highest BCUT2D eigenvalue weighted by atomic mass is 16.6. The SMILES string of the molecule is CCC1=NO[C@H](CNc2nc(-c3ccc(C(N)=O)cc3)nc3c2CCNC3)C1. The number of hydrogen-bond acceptors (Lipinski definition) is 7. The van der Waals surface area contributed by atoms with Crippen LogP contribution >= 0.6 is 0 Å². The number of primary amides is 1. The van der Waals surface area contributed by atoms with Gasteiger partial charge in [0.05, 0.1) is 18.0 Å². The predicted octanol–water partition coefficient (Wildman–Crippen LogP) is 1.85. The minimum Gasteiger partial charge on any atom is -0.390 e. The summed E-state index contributed by atoms with van der Waals surface area (Å²) in [4.78, 5) is 26.3. The Morgan fingerprint density at radius 2 is 2.14 bits per heavy atom. The monoisotopic (exact) mass is 380 g/mol. The third kappa shape index (κ3) is 3.82. The minimum absolute atomic E-state index is 0.0283. The molecule has 2 aromatic rings. The molecule has 0 saturated carbocycles. The second-order valence-electron chi connectivity index (χ2n) is 7.01. The first kappa shape index (κ1) is 18.4. The van der Waals surface area contributed by atoms with Crippen LogP contribution in [0, 0.1) is 0 Å². The number of rotatable bonds is 6. The van der Waals surface area contributed by atoms with Crippen molar-refractivity contribution in [2.75, 3.05) is 18.4 Å². The van der Waals surface area contributed by atoms with Crippen LogP contribution in [0.15, 0.2) is 29.4 Å². The average Bonchev–Trinajstić information content (AvgIpc) is 3.20. The molecule has 146 valence electrons. The number of nitrogens with two attached hydrogens (primary N) is 1. The Bertz CT molecular complexity index is 910. The van der Waals surface area contributed by atoms with E-state index in [-0.39, 0.29) is 6.10 Å². The zero-order chi connectivity index (χ0) is 19.5. The van der Waals surface area contributed by atoms with Gasteiger partial charge in [0.2, 0.25) is 5.91 Å². The van der Waals surface area contributed by atoms with Gasteiger partial charge in [-0.2, -0.15) is 0 Å². The van der Waals surface area contributed by atoms with Gasteiger partial charge in [0.1, 0.15) is 11.9 Å². The van der Waals surface area contributed by atoms with Crippen LogP contribution in [0.3, 0.4) is 0 Å². The van der Waals surface area contributed by atoms with Crippen LogP contribution in [-0.4, -0.2) is 40.8 Å². The van der Waals surface area contributed by atoms with Crippen LogP contribution in [0.1, 0.15) is 41.4 Å². The lowest BCUT2D eigenvalue weighted by Crippen LogP contribution is -2.28. The highest BCUT2D eigenvalue weighted by Gasteiger charge is 2.22. The lowest BCUT2D eigenvalue weighted by molar-refractivity contribution is 0.0948. The Morgan fingerprint density at radius 3 is 2.86 bits per heavy atom. The molecular weight excluding hydrogens is 356 g/mol. The summed E-state index contributed by atoms with van der Waals surface area (Å²) in [6.45, 7) is 4.34. The number of amides is 1. The van der Waals surface area contributed by atoms with Gasteiger partial charge in [-0.25, -0.2) is 9.97 Å². The molecule has 2 aliphatic rings. The minimum atomic E-state index is -0.449. The summed E-state index contributed by atoms with van der Waals surface area (Å²) >= 11 is 0. The first-order valence-corrected chi connectivity index (χ1v) is 9.60. The lowest BCUT2D eigenvalue weighted by Gasteiger charge is -2.21. The van der Waals surface area contributed by atoms with Crippen LogP contribution in [0.4, 0.5) is 5.82 Å². The van der Waals surface area contributed by atoms with Gasteiger partial charge < -0.3 is 21.2 Å². The van der Waals surface area contributed by atoms with Crippen molar-refractivity contribution in [1.82, 2.24) is 15.3 Å². The molecule has 8 heteroatoms. The summed E-state index contributed by atoms with van der Waals surface area (Å²) in [6, 6.07) is 7.04. The van der Waals surface area contributed by atoms with Gasteiger partial charge in [-0.15, -0.1) is 0 Å². The number of benzene rings is 1. The fourth-order valence-electron chi connectivity index (χ4n) is 3.43. The third-order valence-electron chi connectivity index (χ3n) is 5.06. The van der Waals surface area contributed by atoms with Crippen molar-refractivity contribution in [3.05, 3.63) is 41.1 Å². The maximum absolute atomic E-state index is 11.3. The normalized spacial score (nSPS) is 18.2. The fraction of sp³-hybridized carbons (Fsp3) is 0.400. The molecule has 8 nitrogen and oxygen atoms in total. The molecule has 4 N–H and O–H groups in total. The van der Waals surface area contributed by atoms with Crippen LogP contribution in [0.2, 0.25) is 0 Å². The van der Waals surface area contributed by atoms with Gasteiger partial charge in [-0.1, -0.05) is 24.2 Å². The second kappa shape index (κ2) is 7.93. The molecule has 0 radical (unpaired) electrons. The van der Waals surface area contributed by atoms with Gasteiger partial charge in [-0.3, -0.25) is 4.79 Å². The number of fused-ring (bicyclic) bond motifs is 1. The van der Waals surface area contributed by atoms with Crippen molar-refractivity contribution in [2.24, 2.45) is 10.9 Å². The quantitative estimate of drug-likeness (QED) is 0.705. The van der Waals surface area contributed by atoms with Crippen molar-refractivity contribution in [2.45, 2.75) is 38.8 Å².